The minimum Gasteiger partial charge on any atom is -0.495 e. The van der Waals surface area contributed by atoms with Crippen molar-refractivity contribution >= 4 is 33.4 Å². The van der Waals surface area contributed by atoms with Gasteiger partial charge in [0.2, 0.25) is 0 Å². The van der Waals surface area contributed by atoms with Crippen LogP contribution in [-0.2, 0) is 0 Å². The molecule has 0 bridgehead atoms. The molecule has 0 aliphatic carbocycles. The lowest BCUT2D eigenvalue weighted by Gasteiger charge is -2.10. The van der Waals surface area contributed by atoms with Crippen molar-refractivity contribution in [3.63, 3.8) is 0 Å². The number of ether oxygens (including phenoxy) is 1. The molecule has 0 heterocycles. The summed E-state index contributed by atoms with van der Waals surface area (Å²) < 4.78 is 41.5. The Kier molecular flexibility index (Phi) is 5.45. The van der Waals surface area contributed by atoms with Crippen LogP contribution in [0.3, 0.4) is 0 Å². The van der Waals surface area contributed by atoms with Gasteiger partial charge >= 0.3 is 5.51 Å². The molecular weight excluding hydrogens is 319 g/mol. The Morgan fingerprint density at radius 2 is 2.12 bits per heavy atom. The lowest BCUT2D eigenvalue weighted by Crippen LogP contribution is -2.09. The Balaban J connectivity index is 2.42. The largest absolute Gasteiger partial charge is 0.495 e. The molecule has 0 saturated carbocycles. The third-order valence-electron chi connectivity index (χ3n) is 1.85. The van der Waals surface area contributed by atoms with Crippen molar-refractivity contribution in [3.8, 4) is 5.75 Å². The van der Waals surface area contributed by atoms with Crippen LogP contribution in [0, 0.1) is 0 Å². The first kappa shape index (κ1) is 14.5. The molecule has 1 N–H and O–H groups in total. The molecule has 1 rings (SSSR count). The minimum absolute atomic E-state index is 0.0259. The normalized spacial score (nSPS) is 11.4. The van der Waals surface area contributed by atoms with Crippen molar-refractivity contribution < 1.29 is 17.9 Å². The molecule has 0 saturated heterocycles. The van der Waals surface area contributed by atoms with Crippen LogP contribution < -0.4 is 10.1 Å². The third-order valence-corrected chi connectivity index (χ3v) is 3.24. The highest BCUT2D eigenvalue weighted by molar-refractivity contribution is 9.10. The molecular formula is C10H11BrF3NOS. The van der Waals surface area contributed by atoms with E-state index in [1.54, 1.807) is 18.2 Å². The van der Waals surface area contributed by atoms with Crippen LogP contribution in [0.4, 0.5) is 18.9 Å². The smallest absolute Gasteiger partial charge is 0.441 e. The maximum Gasteiger partial charge on any atom is 0.441 e. The van der Waals surface area contributed by atoms with Crippen LogP contribution in [-0.4, -0.2) is 24.9 Å². The molecule has 0 aromatic heterocycles. The maximum absolute atomic E-state index is 11.9. The number of rotatable bonds is 5. The summed E-state index contributed by atoms with van der Waals surface area (Å²) in [6, 6.07) is 5.27. The average Bonchev–Trinajstić information content (AvgIpc) is 2.25. The van der Waals surface area contributed by atoms with E-state index in [-0.39, 0.29) is 24.1 Å². The molecule has 0 amide bonds. The summed E-state index contributed by atoms with van der Waals surface area (Å²) in [5.41, 5.74) is -3.44. The summed E-state index contributed by atoms with van der Waals surface area (Å²) in [6.45, 7) is 0.245. The minimum atomic E-state index is -4.17. The molecule has 0 fully saturated rings. The van der Waals surface area contributed by atoms with Gasteiger partial charge in [-0.25, -0.2) is 0 Å². The Bertz CT molecular complexity index is 373. The zero-order chi connectivity index (χ0) is 12.9. The van der Waals surface area contributed by atoms with Crippen LogP contribution in [0.2, 0.25) is 0 Å². The molecule has 0 aliphatic heterocycles. The van der Waals surface area contributed by atoms with Gasteiger partial charge in [-0.2, -0.15) is 13.2 Å². The van der Waals surface area contributed by atoms with Gasteiger partial charge < -0.3 is 10.1 Å². The number of methoxy groups -OCH3 is 1. The van der Waals surface area contributed by atoms with Gasteiger partial charge in [0.25, 0.3) is 0 Å². The quantitative estimate of drug-likeness (QED) is 0.821. The van der Waals surface area contributed by atoms with Crippen molar-refractivity contribution in [1.82, 2.24) is 0 Å². The number of hydrogen-bond donors (Lipinski definition) is 1. The van der Waals surface area contributed by atoms with Gasteiger partial charge in [-0.1, -0.05) is 0 Å². The summed E-state index contributed by atoms with van der Waals surface area (Å²) >= 11 is 3.26. The highest BCUT2D eigenvalue weighted by Gasteiger charge is 2.27. The van der Waals surface area contributed by atoms with Crippen molar-refractivity contribution in [2.45, 2.75) is 5.51 Å². The number of benzene rings is 1. The van der Waals surface area contributed by atoms with Gasteiger partial charge in [0.15, 0.2) is 0 Å². The zero-order valence-corrected chi connectivity index (χ0v) is 11.4. The molecule has 17 heavy (non-hydrogen) atoms. The van der Waals surface area contributed by atoms with Gasteiger partial charge in [0, 0.05) is 24.1 Å². The highest BCUT2D eigenvalue weighted by atomic mass is 79.9. The topological polar surface area (TPSA) is 21.3 Å². The molecule has 1 aromatic carbocycles. The van der Waals surface area contributed by atoms with Crippen molar-refractivity contribution in [2.24, 2.45) is 0 Å². The summed E-state index contributed by atoms with van der Waals surface area (Å²) in [7, 11) is 1.53. The van der Waals surface area contributed by atoms with Gasteiger partial charge in [-0.15, -0.1) is 0 Å². The van der Waals surface area contributed by atoms with Gasteiger partial charge in [0.1, 0.15) is 5.75 Å². The molecule has 0 unspecified atom stereocenters. The zero-order valence-electron chi connectivity index (χ0n) is 8.97. The summed E-state index contributed by atoms with van der Waals surface area (Å²) in [5, 5.41) is 2.90. The molecule has 2 nitrogen and oxygen atoms in total. The molecule has 1 aromatic rings. The monoisotopic (exact) mass is 329 g/mol. The number of halogens is 4. The lowest BCUT2D eigenvalue weighted by molar-refractivity contribution is -0.0327. The Morgan fingerprint density at radius 1 is 1.41 bits per heavy atom. The maximum atomic E-state index is 11.9. The highest BCUT2D eigenvalue weighted by Crippen LogP contribution is 2.30. The van der Waals surface area contributed by atoms with Gasteiger partial charge in [0.05, 0.1) is 11.6 Å². The Labute approximate surface area is 110 Å². The van der Waals surface area contributed by atoms with E-state index in [1.807, 2.05) is 0 Å². The van der Waals surface area contributed by atoms with E-state index in [9.17, 15) is 13.2 Å². The fourth-order valence-electron chi connectivity index (χ4n) is 1.13. The first-order valence-corrected chi connectivity index (χ1v) is 6.48. The Morgan fingerprint density at radius 3 is 2.71 bits per heavy atom. The van der Waals surface area contributed by atoms with Gasteiger partial charge in [-0.3, -0.25) is 0 Å². The predicted molar refractivity (Wildman–Crippen MR) is 67.7 cm³/mol. The van der Waals surface area contributed by atoms with Crippen molar-refractivity contribution in [3.05, 3.63) is 22.7 Å². The number of alkyl halides is 3. The van der Waals surface area contributed by atoms with E-state index in [2.05, 4.69) is 21.2 Å². The average molecular weight is 330 g/mol. The molecule has 0 spiro atoms. The van der Waals surface area contributed by atoms with E-state index in [1.165, 1.54) is 7.11 Å². The van der Waals surface area contributed by atoms with Crippen LogP contribution >= 0.6 is 27.7 Å². The standard InChI is InChI=1S/C10H11BrF3NOS/c1-16-9-6-7(2-3-8(9)11)15-4-5-17-10(12,13)14/h2-3,6,15H,4-5H2,1H3. The van der Waals surface area contributed by atoms with E-state index < -0.39 is 5.51 Å². The number of nitrogens with one attached hydrogen (secondary N) is 1. The number of anilines is 1. The molecule has 96 valence electrons. The summed E-state index contributed by atoms with van der Waals surface area (Å²) in [4.78, 5) is 0. The number of thioether (sulfide) groups is 1. The predicted octanol–water partition coefficient (Wildman–Crippen LogP) is 4.12. The summed E-state index contributed by atoms with van der Waals surface area (Å²) in [6.07, 6.45) is 0. The molecule has 0 aliphatic rings. The molecule has 0 atom stereocenters. The van der Waals surface area contributed by atoms with E-state index in [0.29, 0.717) is 5.75 Å². The van der Waals surface area contributed by atoms with Crippen LogP contribution in [0.1, 0.15) is 0 Å². The first-order valence-electron chi connectivity index (χ1n) is 4.70. The fraction of sp³-hybridized carbons (Fsp3) is 0.400. The SMILES string of the molecule is COc1cc(NCCSC(F)(F)F)ccc1Br. The second kappa shape index (κ2) is 6.39. The molecule has 7 heteroatoms. The second-order valence-electron chi connectivity index (χ2n) is 3.07. The van der Waals surface area contributed by atoms with Gasteiger partial charge in [-0.05, 0) is 39.8 Å². The van der Waals surface area contributed by atoms with Crippen LogP contribution in [0.15, 0.2) is 22.7 Å². The number of hydrogen-bond acceptors (Lipinski definition) is 3. The molecule has 0 radical (unpaired) electrons. The van der Waals surface area contributed by atoms with Crippen molar-refractivity contribution in [1.29, 1.82) is 0 Å². The van der Waals surface area contributed by atoms with Crippen LogP contribution in [0.25, 0.3) is 0 Å². The summed E-state index contributed by atoms with van der Waals surface area (Å²) in [5.74, 6) is 0.612. The van der Waals surface area contributed by atoms with Crippen molar-refractivity contribution in [2.75, 3.05) is 24.7 Å². The second-order valence-corrected chi connectivity index (χ2v) is 5.08. The Hall–Kier alpha value is -0.560. The van der Waals surface area contributed by atoms with E-state index in [4.69, 9.17) is 4.74 Å². The lowest BCUT2D eigenvalue weighted by atomic mass is 10.3. The fourth-order valence-corrected chi connectivity index (χ4v) is 1.98. The first-order chi connectivity index (χ1) is 7.92. The van der Waals surface area contributed by atoms with Crippen LogP contribution in [0.5, 0.6) is 5.75 Å². The third kappa shape index (κ3) is 5.54. The van der Waals surface area contributed by atoms with E-state index in [0.717, 1.165) is 10.2 Å². The van der Waals surface area contributed by atoms with E-state index >= 15 is 0 Å².